The SMILES string of the molecule is Cc1ccc(F)c(NCCCC(C)(C)/C(N)=N/O)c1F. The normalized spacial score (nSPS) is 12.6. The zero-order chi connectivity index (χ0) is 15.3. The fraction of sp³-hybridized carbons (Fsp3) is 0.500. The number of hydrogen-bond acceptors (Lipinski definition) is 3. The highest BCUT2D eigenvalue weighted by Crippen LogP contribution is 2.24. The van der Waals surface area contributed by atoms with Gasteiger partial charge in [-0.15, -0.1) is 0 Å². The summed E-state index contributed by atoms with van der Waals surface area (Å²) in [4.78, 5) is 0. The van der Waals surface area contributed by atoms with Gasteiger partial charge >= 0.3 is 0 Å². The molecule has 0 radical (unpaired) electrons. The molecule has 0 saturated carbocycles. The highest BCUT2D eigenvalue weighted by molar-refractivity contribution is 5.85. The Balaban J connectivity index is 2.56. The second-order valence-electron chi connectivity index (χ2n) is 5.45. The zero-order valence-corrected chi connectivity index (χ0v) is 12.0. The van der Waals surface area contributed by atoms with E-state index in [0.29, 0.717) is 24.9 Å². The lowest BCUT2D eigenvalue weighted by Crippen LogP contribution is -2.32. The van der Waals surface area contributed by atoms with Gasteiger partial charge in [0.2, 0.25) is 0 Å². The summed E-state index contributed by atoms with van der Waals surface area (Å²) >= 11 is 0. The van der Waals surface area contributed by atoms with Crippen LogP contribution in [0.15, 0.2) is 17.3 Å². The first-order valence-electron chi connectivity index (χ1n) is 6.46. The average Bonchev–Trinajstić information content (AvgIpc) is 2.41. The molecule has 1 rings (SSSR count). The fourth-order valence-corrected chi connectivity index (χ4v) is 1.83. The number of oxime groups is 1. The number of rotatable bonds is 6. The minimum Gasteiger partial charge on any atom is -0.409 e. The molecular formula is C14H21F2N3O. The number of benzene rings is 1. The van der Waals surface area contributed by atoms with Gasteiger partial charge in [-0.1, -0.05) is 25.1 Å². The Hall–Kier alpha value is -1.85. The van der Waals surface area contributed by atoms with E-state index in [9.17, 15) is 8.78 Å². The largest absolute Gasteiger partial charge is 0.409 e. The van der Waals surface area contributed by atoms with Gasteiger partial charge in [0.1, 0.15) is 17.3 Å². The van der Waals surface area contributed by atoms with Crippen LogP contribution in [-0.4, -0.2) is 17.6 Å². The van der Waals surface area contributed by atoms with E-state index in [1.807, 2.05) is 13.8 Å². The number of halogens is 2. The molecule has 6 heteroatoms. The van der Waals surface area contributed by atoms with Crippen LogP contribution in [0.2, 0.25) is 0 Å². The number of nitrogens with two attached hydrogens (primary N) is 1. The van der Waals surface area contributed by atoms with Crippen LogP contribution in [0.1, 0.15) is 32.3 Å². The Labute approximate surface area is 117 Å². The molecule has 0 aliphatic carbocycles. The third-order valence-electron chi connectivity index (χ3n) is 3.37. The molecule has 4 nitrogen and oxygen atoms in total. The minimum atomic E-state index is -0.608. The van der Waals surface area contributed by atoms with E-state index >= 15 is 0 Å². The van der Waals surface area contributed by atoms with E-state index < -0.39 is 17.0 Å². The van der Waals surface area contributed by atoms with Crippen molar-refractivity contribution in [3.8, 4) is 0 Å². The second-order valence-corrected chi connectivity index (χ2v) is 5.45. The van der Waals surface area contributed by atoms with E-state index in [1.54, 1.807) is 6.92 Å². The molecule has 0 unspecified atom stereocenters. The molecule has 1 aromatic rings. The van der Waals surface area contributed by atoms with Crippen LogP contribution in [0.3, 0.4) is 0 Å². The number of hydrogen-bond donors (Lipinski definition) is 3. The van der Waals surface area contributed by atoms with Crippen molar-refractivity contribution in [1.29, 1.82) is 0 Å². The Kier molecular flexibility index (Phi) is 5.30. The summed E-state index contributed by atoms with van der Waals surface area (Å²) in [5, 5.41) is 14.4. The fourth-order valence-electron chi connectivity index (χ4n) is 1.83. The van der Waals surface area contributed by atoms with E-state index in [2.05, 4.69) is 10.5 Å². The molecule has 0 bridgehead atoms. The van der Waals surface area contributed by atoms with Gasteiger partial charge in [0.05, 0.1) is 0 Å². The van der Waals surface area contributed by atoms with Gasteiger partial charge in [-0.25, -0.2) is 8.78 Å². The molecule has 0 aliphatic heterocycles. The Morgan fingerprint density at radius 3 is 2.65 bits per heavy atom. The molecule has 4 N–H and O–H groups in total. The van der Waals surface area contributed by atoms with Gasteiger partial charge in [-0.05, 0) is 31.4 Å². The number of nitrogens with zero attached hydrogens (tertiary/aromatic N) is 1. The average molecular weight is 285 g/mol. The predicted molar refractivity (Wildman–Crippen MR) is 76.0 cm³/mol. The second kappa shape index (κ2) is 6.54. The topological polar surface area (TPSA) is 70.6 Å². The third-order valence-corrected chi connectivity index (χ3v) is 3.37. The van der Waals surface area contributed by atoms with Crippen LogP contribution in [0.5, 0.6) is 0 Å². The van der Waals surface area contributed by atoms with E-state index in [4.69, 9.17) is 10.9 Å². The summed E-state index contributed by atoms with van der Waals surface area (Å²) in [5.74, 6) is -1.03. The first-order valence-corrected chi connectivity index (χ1v) is 6.46. The molecule has 0 fully saturated rings. The molecule has 20 heavy (non-hydrogen) atoms. The number of amidine groups is 1. The van der Waals surface area contributed by atoms with Crippen LogP contribution in [-0.2, 0) is 0 Å². The maximum absolute atomic E-state index is 13.7. The minimum absolute atomic E-state index is 0.105. The zero-order valence-electron chi connectivity index (χ0n) is 12.0. The van der Waals surface area contributed by atoms with Crippen molar-refractivity contribution in [2.75, 3.05) is 11.9 Å². The van der Waals surface area contributed by atoms with Gasteiger partial charge < -0.3 is 16.3 Å². The van der Waals surface area contributed by atoms with Gasteiger partial charge in [0.15, 0.2) is 5.82 Å². The Morgan fingerprint density at radius 1 is 1.40 bits per heavy atom. The van der Waals surface area contributed by atoms with Gasteiger partial charge in [0.25, 0.3) is 0 Å². The summed E-state index contributed by atoms with van der Waals surface area (Å²) < 4.78 is 27.2. The molecule has 0 aliphatic rings. The van der Waals surface area contributed by atoms with Crippen molar-refractivity contribution in [3.05, 3.63) is 29.3 Å². The molecule has 0 spiro atoms. The van der Waals surface area contributed by atoms with E-state index in [0.717, 1.165) is 0 Å². The first kappa shape index (κ1) is 16.2. The highest BCUT2D eigenvalue weighted by atomic mass is 19.1. The smallest absolute Gasteiger partial charge is 0.152 e. The lowest BCUT2D eigenvalue weighted by Gasteiger charge is -2.22. The molecule has 0 atom stereocenters. The van der Waals surface area contributed by atoms with Gasteiger partial charge in [-0.3, -0.25) is 0 Å². The Morgan fingerprint density at radius 2 is 2.05 bits per heavy atom. The lowest BCUT2D eigenvalue weighted by atomic mass is 9.86. The summed E-state index contributed by atoms with van der Waals surface area (Å²) in [6, 6.07) is 2.64. The van der Waals surface area contributed by atoms with Crippen molar-refractivity contribution in [3.63, 3.8) is 0 Å². The monoisotopic (exact) mass is 285 g/mol. The highest BCUT2D eigenvalue weighted by Gasteiger charge is 2.23. The quantitative estimate of drug-likeness (QED) is 0.247. The Bertz CT molecular complexity index is 501. The molecule has 0 amide bonds. The van der Waals surface area contributed by atoms with Crippen molar-refractivity contribution < 1.29 is 14.0 Å². The standard InChI is InChI=1S/C14H21F2N3O/c1-9-5-6-10(15)12(11(9)16)18-8-4-7-14(2,3)13(17)19-20/h5-6,18,20H,4,7-8H2,1-3H3,(H2,17,19). The van der Waals surface area contributed by atoms with Crippen molar-refractivity contribution in [2.24, 2.45) is 16.3 Å². The molecule has 0 aromatic heterocycles. The van der Waals surface area contributed by atoms with Crippen molar-refractivity contribution in [1.82, 2.24) is 0 Å². The number of aryl methyl sites for hydroxylation is 1. The third kappa shape index (κ3) is 3.82. The number of anilines is 1. The van der Waals surface area contributed by atoms with E-state index in [-0.39, 0.29) is 11.5 Å². The van der Waals surface area contributed by atoms with Crippen molar-refractivity contribution >= 4 is 11.5 Å². The van der Waals surface area contributed by atoms with Crippen LogP contribution >= 0.6 is 0 Å². The van der Waals surface area contributed by atoms with Gasteiger partial charge in [0, 0.05) is 12.0 Å². The van der Waals surface area contributed by atoms with E-state index in [1.165, 1.54) is 12.1 Å². The summed E-state index contributed by atoms with van der Waals surface area (Å²) in [6.45, 7) is 5.67. The molecule has 1 aromatic carbocycles. The lowest BCUT2D eigenvalue weighted by molar-refractivity contribution is 0.305. The number of nitrogens with one attached hydrogen (secondary N) is 1. The van der Waals surface area contributed by atoms with Crippen LogP contribution in [0, 0.1) is 24.0 Å². The molecule has 112 valence electrons. The molecule has 0 saturated heterocycles. The molecular weight excluding hydrogens is 264 g/mol. The van der Waals surface area contributed by atoms with Gasteiger partial charge in [-0.2, -0.15) is 0 Å². The summed E-state index contributed by atoms with van der Waals surface area (Å²) in [6.07, 6.45) is 1.26. The predicted octanol–water partition coefficient (Wildman–Crippen LogP) is 3.24. The van der Waals surface area contributed by atoms with Crippen LogP contribution in [0.4, 0.5) is 14.5 Å². The maximum atomic E-state index is 13.7. The van der Waals surface area contributed by atoms with Crippen molar-refractivity contribution in [2.45, 2.75) is 33.6 Å². The maximum Gasteiger partial charge on any atom is 0.152 e. The molecule has 0 heterocycles. The van der Waals surface area contributed by atoms with Crippen LogP contribution in [0.25, 0.3) is 0 Å². The first-order chi connectivity index (χ1) is 9.29. The summed E-state index contributed by atoms with van der Waals surface area (Å²) in [5.41, 5.74) is 5.40. The summed E-state index contributed by atoms with van der Waals surface area (Å²) in [7, 11) is 0. The van der Waals surface area contributed by atoms with Crippen LogP contribution < -0.4 is 11.1 Å².